The van der Waals surface area contributed by atoms with Gasteiger partial charge < -0.3 is 19.1 Å². The van der Waals surface area contributed by atoms with Crippen LogP contribution in [0.3, 0.4) is 0 Å². The highest BCUT2D eigenvalue weighted by atomic mass is 35.5. The van der Waals surface area contributed by atoms with Gasteiger partial charge in [-0.1, -0.05) is 35.9 Å². The van der Waals surface area contributed by atoms with Crippen molar-refractivity contribution in [2.45, 2.75) is 12.7 Å². The number of piperazine rings is 1. The van der Waals surface area contributed by atoms with Gasteiger partial charge in [0.1, 0.15) is 10.9 Å². The molecule has 194 valence electrons. The van der Waals surface area contributed by atoms with Crippen LogP contribution in [0.5, 0.6) is 5.75 Å². The molecule has 1 amide bonds. The van der Waals surface area contributed by atoms with E-state index in [1.807, 2.05) is 41.3 Å². The summed E-state index contributed by atoms with van der Waals surface area (Å²) >= 11 is 5.85. The number of benzene rings is 2. The third kappa shape index (κ3) is 7.07. The van der Waals surface area contributed by atoms with Crippen molar-refractivity contribution in [1.82, 2.24) is 14.8 Å². The summed E-state index contributed by atoms with van der Waals surface area (Å²) in [5.74, 6) is 0.354. The molecule has 1 atom stereocenters. The Kier molecular flexibility index (Phi) is 9.11. The molecule has 1 aromatic heterocycles. The summed E-state index contributed by atoms with van der Waals surface area (Å²) in [6, 6.07) is 18.4. The fourth-order valence-electron chi connectivity index (χ4n) is 4.20. The number of pyridine rings is 1. The first-order valence-electron chi connectivity index (χ1n) is 12.0. The Morgan fingerprint density at radius 1 is 0.973 bits per heavy atom. The van der Waals surface area contributed by atoms with Gasteiger partial charge >= 0.3 is 5.97 Å². The molecule has 2 heterocycles. The van der Waals surface area contributed by atoms with Gasteiger partial charge in [0.25, 0.3) is 5.91 Å². The zero-order chi connectivity index (χ0) is 26.2. The lowest BCUT2D eigenvalue weighted by Gasteiger charge is -2.36. The number of ether oxygens (including phenoxy) is 3. The van der Waals surface area contributed by atoms with Crippen LogP contribution < -0.4 is 4.74 Å². The molecule has 0 saturated carbocycles. The molecule has 3 aromatic rings. The second-order valence-electron chi connectivity index (χ2n) is 8.73. The van der Waals surface area contributed by atoms with Crippen molar-refractivity contribution in [3.8, 4) is 5.75 Å². The fraction of sp³-hybridized carbons (Fsp3) is 0.321. The molecule has 4 rings (SSSR count). The molecular formula is C28H30ClN3O5. The highest BCUT2D eigenvalue weighted by molar-refractivity contribution is 6.29. The van der Waals surface area contributed by atoms with E-state index in [4.69, 9.17) is 25.8 Å². The van der Waals surface area contributed by atoms with Crippen LogP contribution in [-0.4, -0.2) is 73.6 Å². The maximum atomic E-state index is 12.8. The van der Waals surface area contributed by atoms with Crippen LogP contribution >= 0.6 is 11.6 Å². The molecule has 0 aliphatic carbocycles. The number of nitrogens with zero attached hydrogens (tertiary/aromatic N) is 3. The highest BCUT2D eigenvalue weighted by Gasteiger charge is 2.25. The third-order valence-electron chi connectivity index (χ3n) is 6.35. The maximum absolute atomic E-state index is 12.8. The Labute approximate surface area is 221 Å². The number of rotatable bonds is 9. The Hall–Kier alpha value is -3.46. The molecule has 0 bridgehead atoms. The molecule has 0 spiro atoms. The largest absolute Gasteiger partial charge is 0.497 e. The van der Waals surface area contributed by atoms with Gasteiger partial charge in [0.2, 0.25) is 0 Å². The number of carbonyl (C=O) groups excluding carboxylic acids is 2. The van der Waals surface area contributed by atoms with Gasteiger partial charge in [-0.2, -0.15) is 0 Å². The van der Waals surface area contributed by atoms with Crippen LogP contribution in [0.25, 0.3) is 0 Å². The molecule has 1 aliphatic rings. The Balaban J connectivity index is 1.40. The van der Waals surface area contributed by atoms with E-state index in [0.717, 1.165) is 30.0 Å². The van der Waals surface area contributed by atoms with Crippen LogP contribution in [0.2, 0.25) is 5.15 Å². The summed E-state index contributed by atoms with van der Waals surface area (Å²) in [6.07, 6.45) is 1.31. The molecule has 1 aliphatic heterocycles. The van der Waals surface area contributed by atoms with Gasteiger partial charge in [-0.25, -0.2) is 9.78 Å². The van der Waals surface area contributed by atoms with Crippen molar-refractivity contribution in [2.75, 3.05) is 46.9 Å². The fourth-order valence-corrected chi connectivity index (χ4v) is 4.31. The number of carbonyl (C=O) groups is 2. The minimum atomic E-state index is -0.369. The predicted molar refractivity (Wildman–Crippen MR) is 140 cm³/mol. The minimum absolute atomic E-state index is 0.0418. The first-order chi connectivity index (χ1) is 18.0. The number of aromatic nitrogens is 1. The monoisotopic (exact) mass is 523 g/mol. The minimum Gasteiger partial charge on any atom is -0.497 e. The smallest absolute Gasteiger partial charge is 0.337 e. The third-order valence-corrected chi connectivity index (χ3v) is 6.57. The van der Waals surface area contributed by atoms with Gasteiger partial charge in [0.05, 0.1) is 38.1 Å². The topological polar surface area (TPSA) is 81.2 Å². The van der Waals surface area contributed by atoms with Crippen molar-refractivity contribution in [1.29, 1.82) is 0 Å². The molecule has 1 unspecified atom stereocenters. The Bertz CT molecular complexity index is 1200. The maximum Gasteiger partial charge on any atom is 0.337 e. The molecule has 1 fully saturated rings. The second kappa shape index (κ2) is 12.7. The summed E-state index contributed by atoms with van der Waals surface area (Å²) in [4.78, 5) is 32.7. The van der Waals surface area contributed by atoms with Gasteiger partial charge in [0.15, 0.2) is 0 Å². The summed E-state index contributed by atoms with van der Waals surface area (Å²) in [6.45, 7) is 3.72. The van der Waals surface area contributed by atoms with Gasteiger partial charge in [-0.05, 0) is 47.5 Å². The summed E-state index contributed by atoms with van der Waals surface area (Å²) < 4.78 is 16.6. The second-order valence-corrected chi connectivity index (χ2v) is 9.11. The number of hydrogen-bond donors (Lipinski definition) is 0. The average Bonchev–Trinajstić information content (AvgIpc) is 2.95. The molecule has 2 aromatic carbocycles. The number of esters is 1. The van der Waals surface area contributed by atoms with Crippen molar-refractivity contribution in [3.05, 3.63) is 94.3 Å². The molecular weight excluding hydrogens is 494 g/mol. The van der Waals surface area contributed by atoms with E-state index in [1.54, 1.807) is 31.4 Å². The predicted octanol–water partition coefficient (Wildman–Crippen LogP) is 4.25. The van der Waals surface area contributed by atoms with Crippen molar-refractivity contribution in [3.63, 3.8) is 0 Å². The van der Waals surface area contributed by atoms with Gasteiger partial charge in [-0.15, -0.1) is 0 Å². The number of methoxy groups -OCH3 is 2. The number of halogens is 1. The van der Waals surface area contributed by atoms with E-state index in [-0.39, 0.29) is 18.0 Å². The quantitative estimate of drug-likeness (QED) is 0.306. The molecule has 0 radical (unpaired) electrons. The van der Waals surface area contributed by atoms with E-state index in [0.29, 0.717) is 42.5 Å². The lowest BCUT2D eigenvalue weighted by atomic mass is 10.1. The van der Waals surface area contributed by atoms with Crippen molar-refractivity contribution in [2.24, 2.45) is 0 Å². The van der Waals surface area contributed by atoms with E-state index >= 15 is 0 Å². The van der Waals surface area contributed by atoms with Gasteiger partial charge in [0, 0.05) is 38.9 Å². The van der Waals surface area contributed by atoms with E-state index in [9.17, 15) is 9.59 Å². The summed E-state index contributed by atoms with van der Waals surface area (Å²) in [5, 5.41) is 0.365. The summed E-state index contributed by atoms with van der Waals surface area (Å²) in [5.41, 5.74) is 3.00. The molecule has 37 heavy (non-hydrogen) atoms. The normalized spacial score (nSPS) is 14.7. The molecule has 0 N–H and O–H groups in total. The number of amides is 1. The number of hydrogen-bond acceptors (Lipinski definition) is 7. The first kappa shape index (κ1) is 26.6. The van der Waals surface area contributed by atoms with Crippen molar-refractivity contribution < 1.29 is 23.8 Å². The SMILES string of the molecule is COC(=O)c1ccc(COC(CN2CCN(C(=O)c3ccc(Cl)nc3)CC2)c2cccc(OC)c2)cc1. The zero-order valence-electron chi connectivity index (χ0n) is 20.9. The van der Waals surface area contributed by atoms with Crippen LogP contribution in [0.1, 0.15) is 37.9 Å². The average molecular weight is 524 g/mol. The van der Waals surface area contributed by atoms with Crippen LogP contribution in [0.15, 0.2) is 66.9 Å². The molecule has 9 heteroatoms. The first-order valence-corrected chi connectivity index (χ1v) is 12.4. The van der Waals surface area contributed by atoms with Crippen molar-refractivity contribution >= 4 is 23.5 Å². The highest BCUT2D eigenvalue weighted by Crippen LogP contribution is 2.25. The Morgan fingerprint density at radius 3 is 2.35 bits per heavy atom. The van der Waals surface area contributed by atoms with E-state index in [2.05, 4.69) is 9.88 Å². The standard InChI is InChI=1S/C28H30ClN3O5/c1-35-24-5-3-4-22(16-24)25(37-19-20-6-8-21(9-7-20)28(34)36-2)18-31-12-14-32(15-13-31)27(33)23-10-11-26(29)30-17-23/h3-11,16-17,25H,12-15,18-19H2,1-2H3. The lowest BCUT2D eigenvalue weighted by molar-refractivity contribution is 0.00331. The van der Waals surface area contributed by atoms with Gasteiger partial charge in [-0.3, -0.25) is 9.69 Å². The zero-order valence-corrected chi connectivity index (χ0v) is 21.7. The summed E-state index contributed by atoms with van der Waals surface area (Å²) in [7, 11) is 3.01. The van der Waals surface area contributed by atoms with E-state index in [1.165, 1.54) is 13.3 Å². The Morgan fingerprint density at radius 2 is 1.70 bits per heavy atom. The molecule has 8 nitrogen and oxygen atoms in total. The van der Waals surface area contributed by atoms with Crippen LogP contribution in [0, 0.1) is 0 Å². The van der Waals surface area contributed by atoms with E-state index < -0.39 is 0 Å². The van der Waals surface area contributed by atoms with Crippen LogP contribution in [0.4, 0.5) is 0 Å². The molecule has 1 saturated heterocycles. The van der Waals surface area contributed by atoms with Crippen LogP contribution in [-0.2, 0) is 16.1 Å². The lowest BCUT2D eigenvalue weighted by Crippen LogP contribution is -2.49.